The standard InChI is InChI=1S/C20H19F3N2O3/c21-14-5-4-13(18(22)19(14)23)20(26)24-10-15(25-7-1-2-8-25)12-3-6-16-17(9-12)28-11-27-16/h3-6,9,15H,1-2,7-8,10-11H2,(H,24,26)/t15-/m1/s1. The lowest BCUT2D eigenvalue weighted by molar-refractivity contribution is 0.0932. The van der Waals surface area contributed by atoms with Gasteiger partial charge in [0.05, 0.1) is 11.6 Å². The predicted molar refractivity (Wildman–Crippen MR) is 94.8 cm³/mol. The first kappa shape index (κ1) is 18.6. The third-order valence-electron chi connectivity index (χ3n) is 5.10. The van der Waals surface area contributed by atoms with Gasteiger partial charge < -0.3 is 14.8 Å². The molecule has 0 spiro atoms. The Kier molecular flexibility index (Phi) is 5.13. The fraction of sp³-hybridized carbons (Fsp3) is 0.350. The molecule has 1 N–H and O–H groups in total. The summed E-state index contributed by atoms with van der Waals surface area (Å²) in [5.74, 6) is -3.96. The van der Waals surface area contributed by atoms with Crippen LogP contribution >= 0.6 is 0 Å². The van der Waals surface area contributed by atoms with Crippen molar-refractivity contribution in [2.45, 2.75) is 18.9 Å². The van der Waals surface area contributed by atoms with Crippen LogP contribution in [0.1, 0.15) is 34.8 Å². The third kappa shape index (κ3) is 3.52. The van der Waals surface area contributed by atoms with Crippen molar-refractivity contribution in [2.75, 3.05) is 26.4 Å². The van der Waals surface area contributed by atoms with E-state index in [1.54, 1.807) is 0 Å². The van der Waals surface area contributed by atoms with Crippen LogP contribution in [0, 0.1) is 17.5 Å². The van der Waals surface area contributed by atoms with Crippen molar-refractivity contribution in [2.24, 2.45) is 0 Å². The van der Waals surface area contributed by atoms with Crippen LogP contribution in [0.2, 0.25) is 0 Å². The quantitative estimate of drug-likeness (QED) is 0.793. The molecule has 0 bridgehead atoms. The number of hydrogen-bond donors (Lipinski definition) is 1. The lowest BCUT2D eigenvalue weighted by Crippen LogP contribution is -2.37. The Morgan fingerprint density at radius 2 is 1.79 bits per heavy atom. The second-order valence-corrected chi connectivity index (χ2v) is 6.80. The van der Waals surface area contributed by atoms with Gasteiger partial charge in [0.15, 0.2) is 29.0 Å². The van der Waals surface area contributed by atoms with Crippen molar-refractivity contribution in [1.29, 1.82) is 0 Å². The summed E-state index contributed by atoms with van der Waals surface area (Å²) in [6, 6.07) is 7.11. The van der Waals surface area contributed by atoms with Gasteiger partial charge in [-0.3, -0.25) is 9.69 Å². The number of nitrogens with zero attached hydrogens (tertiary/aromatic N) is 1. The fourth-order valence-corrected chi connectivity index (χ4v) is 3.62. The highest BCUT2D eigenvalue weighted by atomic mass is 19.2. The van der Waals surface area contributed by atoms with Crippen molar-refractivity contribution in [3.8, 4) is 11.5 Å². The second-order valence-electron chi connectivity index (χ2n) is 6.80. The van der Waals surface area contributed by atoms with Crippen molar-refractivity contribution >= 4 is 5.91 Å². The molecule has 0 unspecified atom stereocenters. The van der Waals surface area contributed by atoms with Gasteiger partial charge in [-0.2, -0.15) is 0 Å². The molecule has 5 nitrogen and oxygen atoms in total. The number of halogens is 3. The van der Waals surface area contributed by atoms with E-state index in [-0.39, 0.29) is 19.4 Å². The van der Waals surface area contributed by atoms with Gasteiger partial charge in [0.2, 0.25) is 6.79 Å². The Morgan fingerprint density at radius 3 is 2.57 bits per heavy atom. The summed E-state index contributed by atoms with van der Waals surface area (Å²) in [6.07, 6.45) is 2.10. The summed E-state index contributed by atoms with van der Waals surface area (Å²) in [5.41, 5.74) is 0.405. The third-order valence-corrected chi connectivity index (χ3v) is 5.10. The number of hydrogen-bond acceptors (Lipinski definition) is 4. The topological polar surface area (TPSA) is 50.8 Å². The van der Waals surface area contributed by atoms with Crippen LogP contribution in [0.25, 0.3) is 0 Å². The van der Waals surface area contributed by atoms with Crippen LogP contribution in [0.4, 0.5) is 13.2 Å². The zero-order chi connectivity index (χ0) is 19.7. The molecule has 1 fully saturated rings. The second kappa shape index (κ2) is 7.71. The first-order valence-corrected chi connectivity index (χ1v) is 9.10. The maximum absolute atomic E-state index is 13.9. The molecule has 1 saturated heterocycles. The van der Waals surface area contributed by atoms with Gasteiger partial charge >= 0.3 is 0 Å². The van der Waals surface area contributed by atoms with Gasteiger partial charge in [0, 0.05) is 6.54 Å². The Labute approximate surface area is 160 Å². The molecule has 2 heterocycles. The number of nitrogens with one attached hydrogen (secondary N) is 1. The minimum absolute atomic E-state index is 0.158. The Morgan fingerprint density at radius 1 is 1.04 bits per heavy atom. The Balaban J connectivity index is 1.53. The van der Waals surface area contributed by atoms with Gasteiger partial charge in [-0.05, 0) is 55.8 Å². The van der Waals surface area contributed by atoms with Crippen molar-refractivity contribution in [1.82, 2.24) is 10.2 Å². The van der Waals surface area contributed by atoms with Crippen LogP contribution in [-0.2, 0) is 0 Å². The monoisotopic (exact) mass is 392 g/mol. The van der Waals surface area contributed by atoms with Crippen molar-refractivity contribution < 1.29 is 27.4 Å². The minimum Gasteiger partial charge on any atom is -0.454 e. The molecule has 2 aromatic rings. The first-order chi connectivity index (χ1) is 13.5. The first-order valence-electron chi connectivity index (χ1n) is 9.10. The molecular weight excluding hydrogens is 373 g/mol. The Hall–Kier alpha value is -2.74. The lowest BCUT2D eigenvalue weighted by atomic mass is 10.0. The highest BCUT2D eigenvalue weighted by Crippen LogP contribution is 2.36. The molecule has 1 amide bonds. The molecule has 28 heavy (non-hydrogen) atoms. The fourth-order valence-electron chi connectivity index (χ4n) is 3.62. The molecule has 1 atom stereocenters. The number of benzene rings is 2. The van der Waals surface area contributed by atoms with E-state index in [1.807, 2.05) is 18.2 Å². The molecule has 4 rings (SSSR count). The molecular formula is C20H19F3N2O3. The molecule has 0 radical (unpaired) electrons. The zero-order valence-corrected chi connectivity index (χ0v) is 15.0. The summed E-state index contributed by atoms with van der Waals surface area (Å²) in [5, 5.41) is 2.65. The van der Waals surface area contributed by atoms with Crippen molar-refractivity contribution in [3.63, 3.8) is 0 Å². The van der Waals surface area contributed by atoms with Crippen molar-refractivity contribution in [3.05, 3.63) is 58.9 Å². The predicted octanol–water partition coefficient (Wildman–Crippen LogP) is 3.40. The smallest absolute Gasteiger partial charge is 0.254 e. The maximum atomic E-state index is 13.9. The number of carbonyl (C=O) groups is 1. The van der Waals surface area contributed by atoms with Crippen LogP contribution in [0.5, 0.6) is 11.5 Å². The molecule has 2 aliphatic heterocycles. The summed E-state index contributed by atoms with van der Waals surface area (Å²) < 4.78 is 51.2. The van der Waals surface area contributed by atoms with E-state index >= 15 is 0 Å². The molecule has 0 aromatic heterocycles. The van der Waals surface area contributed by atoms with E-state index < -0.39 is 28.9 Å². The van der Waals surface area contributed by atoms with Crippen LogP contribution in [0.15, 0.2) is 30.3 Å². The molecule has 2 aromatic carbocycles. The van der Waals surface area contributed by atoms with E-state index in [9.17, 15) is 18.0 Å². The number of amides is 1. The van der Waals surface area contributed by atoms with E-state index in [0.29, 0.717) is 11.5 Å². The van der Waals surface area contributed by atoms with Gasteiger partial charge in [0.25, 0.3) is 5.91 Å². The zero-order valence-electron chi connectivity index (χ0n) is 15.0. The summed E-state index contributed by atoms with van der Waals surface area (Å²) in [7, 11) is 0. The van der Waals surface area contributed by atoms with Gasteiger partial charge in [-0.25, -0.2) is 13.2 Å². The van der Waals surface area contributed by atoms with E-state index in [4.69, 9.17) is 9.47 Å². The van der Waals surface area contributed by atoms with E-state index in [0.717, 1.165) is 43.6 Å². The normalized spacial score (nSPS) is 17.0. The molecule has 148 valence electrons. The molecule has 2 aliphatic rings. The number of ether oxygens (including phenoxy) is 2. The van der Waals surface area contributed by atoms with Crippen LogP contribution in [-0.4, -0.2) is 37.2 Å². The lowest BCUT2D eigenvalue weighted by Gasteiger charge is -2.28. The minimum atomic E-state index is -1.65. The SMILES string of the molecule is O=C(NC[C@H](c1ccc2c(c1)OCO2)N1CCCC1)c1ccc(F)c(F)c1F. The molecule has 8 heteroatoms. The van der Waals surface area contributed by atoms with E-state index in [2.05, 4.69) is 10.2 Å². The average Bonchev–Trinajstić information content (AvgIpc) is 3.38. The Bertz CT molecular complexity index is 901. The number of rotatable bonds is 5. The van der Waals surface area contributed by atoms with Gasteiger partial charge in [-0.1, -0.05) is 6.07 Å². The van der Waals surface area contributed by atoms with Crippen LogP contribution < -0.4 is 14.8 Å². The summed E-state index contributed by atoms with van der Waals surface area (Å²) >= 11 is 0. The molecule has 0 saturated carbocycles. The number of carbonyl (C=O) groups excluding carboxylic acids is 1. The van der Waals surface area contributed by atoms with Crippen LogP contribution in [0.3, 0.4) is 0 Å². The number of likely N-dealkylation sites (tertiary alicyclic amines) is 1. The average molecular weight is 392 g/mol. The van der Waals surface area contributed by atoms with E-state index in [1.165, 1.54) is 0 Å². The molecule has 0 aliphatic carbocycles. The van der Waals surface area contributed by atoms with Gasteiger partial charge in [0.1, 0.15) is 0 Å². The number of fused-ring (bicyclic) bond motifs is 1. The highest BCUT2D eigenvalue weighted by molar-refractivity contribution is 5.94. The van der Waals surface area contributed by atoms with Gasteiger partial charge in [-0.15, -0.1) is 0 Å². The summed E-state index contributed by atoms with van der Waals surface area (Å²) in [4.78, 5) is 14.6. The largest absolute Gasteiger partial charge is 0.454 e. The summed E-state index contributed by atoms with van der Waals surface area (Å²) in [6.45, 7) is 2.10. The highest BCUT2D eigenvalue weighted by Gasteiger charge is 2.27. The maximum Gasteiger partial charge on any atom is 0.254 e.